The van der Waals surface area contributed by atoms with Crippen LogP contribution < -0.4 is 0 Å². The molecule has 0 spiro atoms. The first-order valence-electron chi connectivity index (χ1n) is 11.6. The van der Waals surface area contributed by atoms with E-state index < -0.39 is 8.32 Å². The molecule has 3 nitrogen and oxygen atoms in total. The Labute approximate surface area is 189 Å². The number of rotatable bonds is 8. The van der Waals surface area contributed by atoms with Crippen LogP contribution in [0.2, 0.25) is 18.1 Å². The van der Waals surface area contributed by atoms with E-state index in [1.165, 1.54) is 11.1 Å². The van der Waals surface area contributed by atoms with Crippen molar-refractivity contribution in [2.45, 2.75) is 71.1 Å². The van der Waals surface area contributed by atoms with Gasteiger partial charge in [0.2, 0.25) is 5.91 Å². The van der Waals surface area contributed by atoms with Gasteiger partial charge < -0.3 is 9.33 Å². The maximum Gasteiger partial charge on any atom is 0.229 e. The number of piperidine rings is 1. The molecule has 3 rings (SSSR count). The van der Waals surface area contributed by atoms with Crippen molar-refractivity contribution in [3.63, 3.8) is 0 Å². The lowest BCUT2D eigenvalue weighted by atomic mass is 9.72. The summed E-state index contributed by atoms with van der Waals surface area (Å²) in [7, 11) is -1.84. The van der Waals surface area contributed by atoms with E-state index in [1.807, 2.05) is 24.3 Å². The monoisotopic (exact) mass is 437 g/mol. The van der Waals surface area contributed by atoms with Crippen LogP contribution in [0.5, 0.6) is 0 Å². The molecule has 0 radical (unpaired) electrons. The quantitative estimate of drug-likeness (QED) is 0.444. The van der Waals surface area contributed by atoms with Crippen molar-refractivity contribution >= 4 is 14.2 Å². The van der Waals surface area contributed by atoms with Crippen LogP contribution in [-0.2, 0) is 22.2 Å². The molecule has 0 bridgehead atoms. The normalized spacial score (nSPS) is 20.2. The molecule has 0 aliphatic carbocycles. The van der Waals surface area contributed by atoms with Gasteiger partial charge in [-0.05, 0) is 54.9 Å². The highest BCUT2D eigenvalue weighted by Gasteiger charge is 2.44. The Morgan fingerprint density at radius 2 is 1.55 bits per heavy atom. The molecule has 2 aromatic rings. The molecular formula is C27H39NO2Si. The topological polar surface area (TPSA) is 29.5 Å². The Hall–Kier alpha value is -1.91. The zero-order valence-corrected chi connectivity index (χ0v) is 21.0. The summed E-state index contributed by atoms with van der Waals surface area (Å²) in [6.07, 6.45) is 3.57. The van der Waals surface area contributed by atoms with Gasteiger partial charge in [0.25, 0.3) is 0 Å². The lowest BCUT2D eigenvalue weighted by Gasteiger charge is -2.43. The molecule has 1 amide bonds. The summed E-state index contributed by atoms with van der Waals surface area (Å²) in [5.74, 6) is 0.297. The van der Waals surface area contributed by atoms with E-state index in [2.05, 4.69) is 75.2 Å². The fourth-order valence-electron chi connectivity index (χ4n) is 4.30. The number of benzene rings is 2. The smallest absolute Gasteiger partial charge is 0.229 e. The first kappa shape index (κ1) is 23.7. The Kier molecular flexibility index (Phi) is 7.43. The predicted molar refractivity (Wildman–Crippen MR) is 131 cm³/mol. The number of carbonyl (C=O) groups is 1. The number of amides is 1. The van der Waals surface area contributed by atoms with Crippen LogP contribution in [0.4, 0.5) is 0 Å². The predicted octanol–water partition coefficient (Wildman–Crippen LogP) is 6.45. The van der Waals surface area contributed by atoms with Gasteiger partial charge in [-0.1, -0.05) is 81.4 Å². The third-order valence-corrected chi connectivity index (χ3v) is 11.8. The third kappa shape index (κ3) is 5.87. The SMILES string of the molecule is CC(C)(C)[Si](C)(C)OCCC1(Cc2ccccc2)CCCN(Cc2ccccc2)C1=O. The first-order chi connectivity index (χ1) is 14.6. The van der Waals surface area contributed by atoms with E-state index in [-0.39, 0.29) is 10.5 Å². The second-order valence-corrected chi connectivity index (χ2v) is 15.4. The van der Waals surface area contributed by atoms with E-state index >= 15 is 0 Å². The highest BCUT2D eigenvalue weighted by molar-refractivity contribution is 6.74. The molecule has 1 unspecified atom stereocenters. The Morgan fingerprint density at radius 1 is 0.968 bits per heavy atom. The van der Waals surface area contributed by atoms with Crippen LogP contribution in [0.25, 0.3) is 0 Å². The van der Waals surface area contributed by atoms with Gasteiger partial charge in [-0.15, -0.1) is 0 Å². The third-order valence-electron chi connectivity index (χ3n) is 7.28. The Morgan fingerprint density at radius 3 is 2.13 bits per heavy atom. The number of hydrogen-bond acceptors (Lipinski definition) is 2. The zero-order valence-electron chi connectivity index (χ0n) is 20.0. The lowest BCUT2D eigenvalue weighted by Crippen LogP contribution is -2.50. The van der Waals surface area contributed by atoms with Crippen molar-refractivity contribution in [3.05, 3.63) is 71.8 Å². The van der Waals surface area contributed by atoms with E-state index in [9.17, 15) is 4.79 Å². The molecule has 1 aliphatic rings. The van der Waals surface area contributed by atoms with Gasteiger partial charge in [0.1, 0.15) is 0 Å². The van der Waals surface area contributed by atoms with Gasteiger partial charge in [-0.25, -0.2) is 0 Å². The van der Waals surface area contributed by atoms with Gasteiger partial charge in [0, 0.05) is 19.7 Å². The molecule has 1 atom stereocenters. The summed E-state index contributed by atoms with van der Waals surface area (Å²) in [6.45, 7) is 13.6. The maximum absolute atomic E-state index is 13.9. The first-order valence-corrected chi connectivity index (χ1v) is 14.6. The van der Waals surface area contributed by atoms with E-state index in [1.54, 1.807) is 0 Å². The van der Waals surface area contributed by atoms with Crippen molar-refractivity contribution in [1.82, 2.24) is 4.90 Å². The fourth-order valence-corrected chi connectivity index (χ4v) is 5.34. The van der Waals surface area contributed by atoms with E-state index in [0.29, 0.717) is 19.1 Å². The van der Waals surface area contributed by atoms with Crippen molar-refractivity contribution in [1.29, 1.82) is 0 Å². The van der Waals surface area contributed by atoms with E-state index in [4.69, 9.17) is 4.43 Å². The summed E-state index contributed by atoms with van der Waals surface area (Å²) < 4.78 is 6.53. The summed E-state index contributed by atoms with van der Waals surface area (Å²) in [5, 5.41) is 0.176. The Balaban J connectivity index is 1.80. The molecule has 168 valence electrons. The average Bonchev–Trinajstić information content (AvgIpc) is 2.72. The molecule has 2 aromatic carbocycles. The molecule has 1 heterocycles. The molecule has 0 N–H and O–H groups in total. The number of likely N-dealkylation sites (tertiary alicyclic amines) is 1. The summed E-state index contributed by atoms with van der Waals surface area (Å²) in [6, 6.07) is 20.8. The van der Waals surface area contributed by atoms with Gasteiger partial charge in [0.05, 0.1) is 5.41 Å². The molecule has 4 heteroatoms. The standard InChI is InChI=1S/C27H39NO2Si/c1-26(2,3)31(4,5)30-20-18-27(21-23-13-8-6-9-14-23)17-12-19-28(25(27)29)22-24-15-10-7-11-16-24/h6-11,13-16H,12,17-22H2,1-5H3. The molecule has 0 saturated carbocycles. The van der Waals surface area contributed by atoms with Crippen LogP contribution in [0.3, 0.4) is 0 Å². The molecule has 1 fully saturated rings. The highest BCUT2D eigenvalue weighted by Crippen LogP contribution is 2.41. The summed E-state index contributed by atoms with van der Waals surface area (Å²) >= 11 is 0. The minimum Gasteiger partial charge on any atom is -0.417 e. The van der Waals surface area contributed by atoms with Gasteiger partial charge in [0.15, 0.2) is 8.32 Å². The van der Waals surface area contributed by atoms with Gasteiger partial charge in [-0.3, -0.25) is 4.79 Å². The molecule has 31 heavy (non-hydrogen) atoms. The fraction of sp³-hybridized carbons (Fsp3) is 0.519. The van der Waals surface area contributed by atoms with E-state index in [0.717, 1.165) is 32.2 Å². The van der Waals surface area contributed by atoms with Gasteiger partial charge >= 0.3 is 0 Å². The zero-order chi connectivity index (χ0) is 22.5. The maximum atomic E-state index is 13.9. The second-order valence-electron chi connectivity index (χ2n) is 10.6. The van der Waals surface area contributed by atoms with Gasteiger partial charge in [-0.2, -0.15) is 0 Å². The summed E-state index contributed by atoms with van der Waals surface area (Å²) in [5.41, 5.74) is 2.06. The van der Waals surface area contributed by atoms with Crippen LogP contribution in [-0.4, -0.2) is 32.3 Å². The van der Waals surface area contributed by atoms with Crippen LogP contribution in [0, 0.1) is 5.41 Å². The summed E-state index contributed by atoms with van der Waals surface area (Å²) in [4.78, 5) is 16.0. The highest BCUT2D eigenvalue weighted by atomic mass is 28.4. The van der Waals surface area contributed by atoms with Crippen LogP contribution >= 0.6 is 0 Å². The molecule has 1 saturated heterocycles. The second kappa shape index (κ2) is 9.70. The number of nitrogens with zero attached hydrogens (tertiary/aromatic N) is 1. The molecule has 1 aliphatic heterocycles. The minimum atomic E-state index is -1.84. The van der Waals surface area contributed by atoms with Crippen molar-refractivity contribution in [2.24, 2.45) is 5.41 Å². The number of carbonyl (C=O) groups excluding carboxylic acids is 1. The van der Waals surface area contributed by atoms with Crippen LogP contribution in [0.1, 0.15) is 51.2 Å². The van der Waals surface area contributed by atoms with Crippen molar-refractivity contribution in [3.8, 4) is 0 Å². The average molecular weight is 438 g/mol. The Bertz CT molecular complexity index is 845. The van der Waals surface area contributed by atoms with Crippen molar-refractivity contribution in [2.75, 3.05) is 13.2 Å². The number of hydrogen-bond donors (Lipinski definition) is 0. The van der Waals surface area contributed by atoms with Crippen molar-refractivity contribution < 1.29 is 9.22 Å². The molecular weight excluding hydrogens is 398 g/mol. The molecule has 0 aromatic heterocycles. The van der Waals surface area contributed by atoms with Crippen LogP contribution in [0.15, 0.2) is 60.7 Å². The minimum absolute atomic E-state index is 0.176. The largest absolute Gasteiger partial charge is 0.417 e. The lowest BCUT2D eigenvalue weighted by molar-refractivity contribution is -0.148.